The van der Waals surface area contributed by atoms with Gasteiger partial charge in [0, 0.05) is 19.0 Å². The highest BCUT2D eigenvalue weighted by molar-refractivity contribution is 5.85. The summed E-state index contributed by atoms with van der Waals surface area (Å²) in [6, 6.07) is 0. The Morgan fingerprint density at radius 2 is 2.31 bits per heavy atom. The maximum atomic E-state index is 6.01. The van der Waals surface area contributed by atoms with Gasteiger partial charge in [-0.25, -0.2) is 4.98 Å². The number of imidazole rings is 1. The number of halogens is 2. The molecule has 13 heavy (non-hydrogen) atoms. The van der Waals surface area contributed by atoms with Gasteiger partial charge in [0.2, 0.25) is 0 Å². The van der Waals surface area contributed by atoms with Crippen molar-refractivity contribution >= 4 is 24.8 Å². The summed E-state index contributed by atoms with van der Waals surface area (Å²) in [5.41, 5.74) is 5.63. The van der Waals surface area contributed by atoms with Crippen molar-refractivity contribution in [2.45, 2.75) is 12.0 Å². The van der Waals surface area contributed by atoms with Gasteiger partial charge in [-0.3, -0.25) is 0 Å². The quantitative estimate of drug-likeness (QED) is 0.745. The van der Waals surface area contributed by atoms with Crippen LogP contribution in [0.3, 0.4) is 0 Å². The lowest BCUT2D eigenvalue weighted by molar-refractivity contribution is 0.176. The van der Waals surface area contributed by atoms with Crippen molar-refractivity contribution < 1.29 is 4.74 Å². The molecule has 1 unspecified atom stereocenters. The molecule has 0 radical (unpaired) electrons. The first-order valence-electron chi connectivity index (χ1n) is 3.68. The smallest absolute Gasteiger partial charge is 0.128 e. The third-order valence-corrected chi connectivity index (χ3v) is 2.02. The molecule has 2 heterocycles. The van der Waals surface area contributed by atoms with Gasteiger partial charge in [-0.15, -0.1) is 24.8 Å². The molecule has 0 spiro atoms. The summed E-state index contributed by atoms with van der Waals surface area (Å²) in [6.07, 6.45) is 4.34. The van der Waals surface area contributed by atoms with Crippen LogP contribution in [0.4, 0.5) is 0 Å². The predicted molar refractivity (Wildman–Crippen MR) is 54.4 cm³/mol. The average molecular weight is 226 g/mol. The monoisotopic (exact) mass is 225 g/mol. The summed E-state index contributed by atoms with van der Waals surface area (Å²) in [5.74, 6) is 0.829. The Hall–Kier alpha value is -0.290. The number of H-pyrrole nitrogens is 1. The number of nitrogens with one attached hydrogen (secondary N) is 1. The molecular formula is C7H13Cl2N3O. The lowest BCUT2D eigenvalue weighted by Gasteiger charge is -2.17. The molecule has 1 saturated heterocycles. The standard InChI is InChI=1S/C7H11N3O.2ClH/c8-7(1-4-11-5-7)6-9-2-3-10-6;;/h2-3H,1,4-5,8H2,(H,9,10);2*1H. The SMILES string of the molecule is Cl.Cl.NC1(c2ncc[nH]2)CCOC1. The van der Waals surface area contributed by atoms with Crippen molar-refractivity contribution in [3.8, 4) is 0 Å². The number of ether oxygens (including phenoxy) is 1. The summed E-state index contributed by atoms with van der Waals surface area (Å²) in [5, 5.41) is 0. The lowest BCUT2D eigenvalue weighted by atomic mass is 10.00. The summed E-state index contributed by atoms with van der Waals surface area (Å²) in [4.78, 5) is 7.11. The van der Waals surface area contributed by atoms with Crippen molar-refractivity contribution in [3.05, 3.63) is 18.2 Å². The summed E-state index contributed by atoms with van der Waals surface area (Å²) in [6.45, 7) is 1.30. The molecule has 6 heteroatoms. The van der Waals surface area contributed by atoms with E-state index in [1.54, 1.807) is 12.4 Å². The minimum atomic E-state index is -0.372. The first kappa shape index (κ1) is 12.7. The van der Waals surface area contributed by atoms with Gasteiger partial charge < -0.3 is 15.5 Å². The largest absolute Gasteiger partial charge is 0.379 e. The van der Waals surface area contributed by atoms with Gasteiger partial charge in [0.15, 0.2) is 0 Å². The van der Waals surface area contributed by atoms with Crippen LogP contribution in [0, 0.1) is 0 Å². The van der Waals surface area contributed by atoms with Crippen molar-refractivity contribution in [3.63, 3.8) is 0 Å². The molecule has 1 aromatic rings. The molecule has 0 bridgehead atoms. The van der Waals surface area contributed by atoms with Gasteiger partial charge in [-0.1, -0.05) is 0 Å². The van der Waals surface area contributed by atoms with Gasteiger partial charge in [0.1, 0.15) is 11.4 Å². The Morgan fingerprint density at radius 1 is 1.54 bits per heavy atom. The average Bonchev–Trinajstić information content (AvgIpc) is 2.55. The highest BCUT2D eigenvalue weighted by atomic mass is 35.5. The van der Waals surface area contributed by atoms with E-state index < -0.39 is 0 Å². The number of aromatic amines is 1. The van der Waals surface area contributed by atoms with E-state index in [4.69, 9.17) is 10.5 Å². The van der Waals surface area contributed by atoms with Gasteiger partial charge >= 0.3 is 0 Å². The highest BCUT2D eigenvalue weighted by Crippen LogP contribution is 2.24. The van der Waals surface area contributed by atoms with Crippen LogP contribution in [0.5, 0.6) is 0 Å². The van der Waals surface area contributed by atoms with Crippen molar-refractivity contribution in [1.82, 2.24) is 9.97 Å². The Labute approximate surface area is 89.1 Å². The molecule has 76 valence electrons. The number of hydrogen-bond acceptors (Lipinski definition) is 3. The zero-order chi connectivity index (χ0) is 7.73. The molecule has 1 aliphatic rings. The number of hydrogen-bond donors (Lipinski definition) is 2. The fourth-order valence-electron chi connectivity index (χ4n) is 1.31. The van der Waals surface area contributed by atoms with E-state index in [1.807, 2.05) is 0 Å². The van der Waals surface area contributed by atoms with Crippen LogP contribution in [0.15, 0.2) is 12.4 Å². The molecule has 0 saturated carbocycles. The Kier molecular flexibility index (Phi) is 4.70. The molecular weight excluding hydrogens is 213 g/mol. The van der Waals surface area contributed by atoms with E-state index >= 15 is 0 Å². The number of nitrogens with zero attached hydrogens (tertiary/aromatic N) is 1. The molecule has 2 rings (SSSR count). The maximum absolute atomic E-state index is 6.01. The van der Waals surface area contributed by atoms with E-state index in [1.165, 1.54) is 0 Å². The third-order valence-electron chi connectivity index (χ3n) is 2.02. The van der Waals surface area contributed by atoms with Crippen molar-refractivity contribution in [1.29, 1.82) is 0 Å². The van der Waals surface area contributed by atoms with E-state index in [0.717, 1.165) is 18.9 Å². The van der Waals surface area contributed by atoms with E-state index in [2.05, 4.69) is 9.97 Å². The molecule has 1 aliphatic heterocycles. The van der Waals surface area contributed by atoms with Crippen LogP contribution < -0.4 is 5.73 Å². The highest BCUT2D eigenvalue weighted by Gasteiger charge is 2.34. The summed E-state index contributed by atoms with van der Waals surface area (Å²) >= 11 is 0. The molecule has 0 aromatic carbocycles. The number of aromatic nitrogens is 2. The van der Waals surface area contributed by atoms with Gasteiger partial charge in [-0.05, 0) is 6.42 Å². The van der Waals surface area contributed by atoms with Crippen LogP contribution in [0.1, 0.15) is 12.2 Å². The van der Waals surface area contributed by atoms with Crippen molar-refractivity contribution in [2.24, 2.45) is 5.73 Å². The fraction of sp³-hybridized carbons (Fsp3) is 0.571. The van der Waals surface area contributed by atoms with E-state index in [0.29, 0.717) is 6.61 Å². The molecule has 4 nitrogen and oxygen atoms in total. The summed E-state index contributed by atoms with van der Waals surface area (Å²) in [7, 11) is 0. The molecule has 0 amide bonds. The Bertz CT molecular complexity index is 234. The lowest BCUT2D eigenvalue weighted by Crippen LogP contribution is -2.38. The second-order valence-corrected chi connectivity index (χ2v) is 2.90. The van der Waals surface area contributed by atoms with Gasteiger partial charge in [0.25, 0.3) is 0 Å². The normalized spacial score (nSPS) is 26.2. The number of rotatable bonds is 1. The van der Waals surface area contributed by atoms with E-state index in [9.17, 15) is 0 Å². The Balaban J connectivity index is 0.000000720. The predicted octanol–water partition coefficient (Wildman–Crippen LogP) is 0.828. The third kappa shape index (κ3) is 2.34. The zero-order valence-electron chi connectivity index (χ0n) is 7.03. The van der Waals surface area contributed by atoms with Crippen LogP contribution in [0.25, 0.3) is 0 Å². The van der Waals surface area contributed by atoms with Crippen LogP contribution >= 0.6 is 24.8 Å². The maximum Gasteiger partial charge on any atom is 0.128 e. The molecule has 1 fully saturated rings. The topological polar surface area (TPSA) is 63.9 Å². The molecule has 1 aromatic heterocycles. The van der Waals surface area contributed by atoms with Crippen LogP contribution in [0.2, 0.25) is 0 Å². The molecule has 0 aliphatic carbocycles. The number of nitrogens with two attached hydrogens (primary N) is 1. The fourth-order valence-corrected chi connectivity index (χ4v) is 1.31. The Morgan fingerprint density at radius 3 is 2.77 bits per heavy atom. The van der Waals surface area contributed by atoms with Crippen LogP contribution in [-0.4, -0.2) is 23.2 Å². The van der Waals surface area contributed by atoms with Gasteiger partial charge in [-0.2, -0.15) is 0 Å². The van der Waals surface area contributed by atoms with Gasteiger partial charge in [0.05, 0.1) is 6.61 Å². The minimum Gasteiger partial charge on any atom is -0.379 e. The van der Waals surface area contributed by atoms with Crippen LogP contribution in [-0.2, 0) is 10.3 Å². The second-order valence-electron chi connectivity index (χ2n) is 2.90. The molecule has 3 N–H and O–H groups in total. The zero-order valence-corrected chi connectivity index (χ0v) is 8.66. The minimum absolute atomic E-state index is 0. The molecule has 1 atom stereocenters. The first-order chi connectivity index (χ1) is 5.31. The van der Waals surface area contributed by atoms with Crippen molar-refractivity contribution in [2.75, 3.05) is 13.2 Å². The first-order valence-corrected chi connectivity index (χ1v) is 3.68. The summed E-state index contributed by atoms with van der Waals surface area (Å²) < 4.78 is 5.20. The second kappa shape index (κ2) is 4.81. The van der Waals surface area contributed by atoms with E-state index in [-0.39, 0.29) is 30.4 Å².